The Morgan fingerprint density at radius 2 is 1.70 bits per heavy atom. The van der Waals surface area contributed by atoms with Gasteiger partial charge in [0.2, 0.25) is 6.41 Å². The van der Waals surface area contributed by atoms with Gasteiger partial charge in [0.1, 0.15) is 0 Å². The van der Waals surface area contributed by atoms with E-state index in [2.05, 4.69) is 47.8 Å². The number of thioether (sulfide) groups is 1. The van der Waals surface area contributed by atoms with Crippen LogP contribution >= 0.6 is 11.8 Å². The van der Waals surface area contributed by atoms with Gasteiger partial charge in [-0.25, -0.2) is 0 Å². The van der Waals surface area contributed by atoms with E-state index in [1.807, 2.05) is 52.7 Å². The Labute approximate surface area is 197 Å². The Balaban J connectivity index is 0.000000215. The van der Waals surface area contributed by atoms with Gasteiger partial charge in [0.05, 0.1) is 5.03 Å². The molecule has 5 heteroatoms. The number of aromatic nitrogens is 1. The summed E-state index contributed by atoms with van der Waals surface area (Å²) in [5, 5.41) is 6.35. The third kappa shape index (κ3) is 4.74. The topological polar surface area (TPSA) is 51.1 Å². The summed E-state index contributed by atoms with van der Waals surface area (Å²) < 4.78 is 1.99. The standard InChI is InChI=1S/C21H19NOS.C7H7NO/c23-19-13-17(20(15-8-9-15)21-22(19)10-11-24-21)12-16-6-3-5-14-4-1-2-7-18(14)16;9-6-8-7-4-2-1-3-5-7/h1-7,13,15H,8-12H2;1-6H,(H,8,9). The van der Waals surface area contributed by atoms with Crippen molar-refractivity contribution < 1.29 is 4.79 Å². The number of carbonyl (C=O) groups is 1. The molecule has 4 aromatic rings. The Morgan fingerprint density at radius 1 is 0.939 bits per heavy atom. The summed E-state index contributed by atoms with van der Waals surface area (Å²) in [6.07, 6.45) is 4.06. The molecule has 1 aliphatic heterocycles. The summed E-state index contributed by atoms with van der Waals surface area (Å²) in [4.78, 5) is 22.4. The third-order valence-corrected chi connectivity index (χ3v) is 7.29. The van der Waals surface area contributed by atoms with E-state index in [0.717, 1.165) is 24.4 Å². The first-order valence-electron chi connectivity index (χ1n) is 11.4. The molecule has 166 valence electrons. The molecule has 0 atom stereocenters. The molecular weight excluding hydrogens is 428 g/mol. The van der Waals surface area contributed by atoms with Crippen LogP contribution in [0, 0.1) is 0 Å². The molecular formula is C28H26N2O2S. The van der Waals surface area contributed by atoms with Crippen LogP contribution < -0.4 is 10.9 Å². The minimum atomic E-state index is 0.176. The smallest absolute Gasteiger partial charge is 0.251 e. The van der Waals surface area contributed by atoms with Gasteiger partial charge in [0, 0.05) is 24.1 Å². The summed E-state index contributed by atoms with van der Waals surface area (Å²) in [6.45, 7) is 0.868. The molecule has 1 aliphatic carbocycles. The number of para-hydroxylation sites is 1. The van der Waals surface area contributed by atoms with Crippen LogP contribution in [0.5, 0.6) is 0 Å². The zero-order valence-corrected chi connectivity index (χ0v) is 19.2. The molecule has 1 N–H and O–H groups in total. The number of fused-ring (bicyclic) bond motifs is 2. The second kappa shape index (κ2) is 9.67. The highest BCUT2D eigenvalue weighted by atomic mass is 32.2. The number of hydrogen-bond donors (Lipinski definition) is 1. The Morgan fingerprint density at radius 3 is 2.48 bits per heavy atom. The molecule has 4 nitrogen and oxygen atoms in total. The molecule has 2 heterocycles. The van der Waals surface area contributed by atoms with Crippen LogP contribution in [-0.4, -0.2) is 16.7 Å². The average Bonchev–Trinajstić information content (AvgIpc) is 3.55. The molecule has 0 bridgehead atoms. The van der Waals surface area contributed by atoms with Crippen molar-refractivity contribution in [2.24, 2.45) is 0 Å². The van der Waals surface area contributed by atoms with Gasteiger partial charge in [-0.3, -0.25) is 9.59 Å². The first-order valence-corrected chi connectivity index (χ1v) is 12.3. The van der Waals surface area contributed by atoms with Crippen LogP contribution in [0.4, 0.5) is 5.69 Å². The third-order valence-electron chi connectivity index (χ3n) is 6.18. The number of nitrogens with zero attached hydrogens (tertiary/aromatic N) is 1. The fraction of sp³-hybridized carbons (Fsp3) is 0.214. The van der Waals surface area contributed by atoms with Crippen LogP contribution in [0.2, 0.25) is 0 Å². The van der Waals surface area contributed by atoms with E-state index in [0.29, 0.717) is 12.3 Å². The first-order chi connectivity index (χ1) is 16.2. The molecule has 3 aromatic carbocycles. The zero-order valence-electron chi connectivity index (χ0n) is 18.4. The lowest BCUT2D eigenvalue weighted by Crippen LogP contribution is -2.21. The van der Waals surface area contributed by atoms with Crippen molar-refractivity contribution in [3.05, 3.63) is 106 Å². The van der Waals surface area contributed by atoms with Crippen LogP contribution in [0.3, 0.4) is 0 Å². The summed E-state index contributed by atoms with van der Waals surface area (Å²) in [5.74, 6) is 1.70. The number of pyridine rings is 1. The van der Waals surface area contributed by atoms with E-state index in [4.69, 9.17) is 0 Å². The number of amides is 1. The number of rotatable bonds is 5. The molecule has 6 rings (SSSR count). The highest BCUT2D eigenvalue weighted by Crippen LogP contribution is 2.47. The van der Waals surface area contributed by atoms with Crippen LogP contribution in [0.1, 0.15) is 35.4 Å². The monoisotopic (exact) mass is 454 g/mol. The van der Waals surface area contributed by atoms with Crippen molar-refractivity contribution in [2.75, 3.05) is 11.1 Å². The lowest BCUT2D eigenvalue weighted by Gasteiger charge is -2.15. The number of benzene rings is 3. The second-order valence-electron chi connectivity index (χ2n) is 8.44. The van der Waals surface area contributed by atoms with Crippen LogP contribution in [0.15, 0.2) is 88.7 Å². The highest BCUT2D eigenvalue weighted by molar-refractivity contribution is 7.99. The normalized spacial score (nSPS) is 14.3. The van der Waals surface area contributed by atoms with Crippen molar-refractivity contribution in [2.45, 2.75) is 36.8 Å². The molecule has 0 spiro atoms. The molecule has 0 radical (unpaired) electrons. The minimum absolute atomic E-state index is 0.176. The maximum atomic E-state index is 12.5. The highest BCUT2D eigenvalue weighted by Gasteiger charge is 2.32. The Bertz CT molecular complexity index is 1340. The van der Waals surface area contributed by atoms with Crippen LogP contribution in [-0.2, 0) is 17.8 Å². The Hall–Kier alpha value is -3.31. The SMILES string of the molecule is O=CNc1ccccc1.O=c1cc(Cc2cccc3ccccc23)c(C2CC2)c2n1CCS2. The Kier molecular flexibility index (Phi) is 6.31. The van der Waals surface area contributed by atoms with Crippen molar-refractivity contribution in [3.63, 3.8) is 0 Å². The number of nitrogens with one attached hydrogen (secondary N) is 1. The predicted molar refractivity (Wildman–Crippen MR) is 136 cm³/mol. The maximum Gasteiger partial charge on any atom is 0.251 e. The van der Waals surface area contributed by atoms with Gasteiger partial charge < -0.3 is 9.88 Å². The van der Waals surface area contributed by atoms with Gasteiger partial charge >= 0.3 is 0 Å². The van der Waals surface area contributed by atoms with E-state index < -0.39 is 0 Å². The number of hydrogen-bond acceptors (Lipinski definition) is 3. The molecule has 1 amide bonds. The van der Waals surface area contributed by atoms with E-state index in [-0.39, 0.29) is 5.56 Å². The average molecular weight is 455 g/mol. The van der Waals surface area contributed by atoms with Gasteiger partial charge in [-0.15, -0.1) is 11.8 Å². The lowest BCUT2D eigenvalue weighted by atomic mass is 9.95. The summed E-state index contributed by atoms with van der Waals surface area (Å²) in [6, 6.07) is 26.2. The van der Waals surface area contributed by atoms with Gasteiger partial charge in [-0.05, 0) is 64.8 Å². The van der Waals surface area contributed by atoms with E-state index in [9.17, 15) is 9.59 Å². The van der Waals surface area contributed by atoms with E-state index in [1.165, 1.54) is 45.3 Å². The van der Waals surface area contributed by atoms with Gasteiger partial charge in [0.15, 0.2) is 0 Å². The molecule has 0 saturated heterocycles. The molecule has 33 heavy (non-hydrogen) atoms. The van der Waals surface area contributed by atoms with E-state index in [1.54, 1.807) is 0 Å². The lowest BCUT2D eigenvalue weighted by molar-refractivity contribution is -0.105. The van der Waals surface area contributed by atoms with E-state index >= 15 is 0 Å². The van der Waals surface area contributed by atoms with Crippen molar-refractivity contribution in [1.29, 1.82) is 0 Å². The van der Waals surface area contributed by atoms with Gasteiger partial charge in [-0.2, -0.15) is 0 Å². The molecule has 0 unspecified atom stereocenters. The first kappa shape index (κ1) is 21.5. The number of carbonyl (C=O) groups excluding carboxylic acids is 1. The fourth-order valence-corrected chi connectivity index (χ4v) is 5.76. The molecule has 1 aromatic heterocycles. The molecule has 1 fully saturated rings. The fourth-order valence-electron chi connectivity index (χ4n) is 4.50. The summed E-state index contributed by atoms with van der Waals surface area (Å²) >= 11 is 1.87. The van der Waals surface area contributed by atoms with Crippen molar-refractivity contribution in [3.8, 4) is 0 Å². The largest absolute Gasteiger partial charge is 0.329 e. The zero-order chi connectivity index (χ0) is 22.6. The van der Waals surface area contributed by atoms with Gasteiger partial charge in [-0.1, -0.05) is 60.7 Å². The predicted octanol–water partition coefficient (Wildman–Crippen LogP) is 5.83. The second-order valence-corrected chi connectivity index (χ2v) is 9.53. The minimum Gasteiger partial charge on any atom is -0.329 e. The van der Waals surface area contributed by atoms with Gasteiger partial charge in [0.25, 0.3) is 5.56 Å². The maximum absolute atomic E-state index is 12.5. The quantitative estimate of drug-likeness (QED) is 0.386. The summed E-state index contributed by atoms with van der Waals surface area (Å²) in [5.41, 5.74) is 5.04. The van der Waals surface area contributed by atoms with Crippen molar-refractivity contribution >= 4 is 34.6 Å². The number of anilines is 1. The van der Waals surface area contributed by atoms with Crippen LogP contribution in [0.25, 0.3) is 10.8 Å². The molecule has 1 saturated carbocycles. The summed E-state index contributed by atoms with van der Waals surface area (Å²) in [7, 11) is 0. The van der Waals surface area contributed by atoms with Crippen molar-refractivity contribution in [1.82, 2.24) is 4.57 Å². The molecule has 2 aliphatic rings.